The number of aromatic carboxylic acids is 1. The lowest BCUT2D eigenvalue weighted by molar-refractivity contribution is 0.0651. The largest absolute Gasteiger partial charge is 0.494 e. The van der Waals surface area contributed by atoms with Gasteiger partial charge in [0.15, 0.2) is 0 Å². The number of carboxylic acids is 1. The number of piperidine rings is 1. The number of carbonyl (C=O) groups is 1. The molecule has 1 aromatic carbocycles. The minimum Gasteiger partial charge on any atom is -0.494 e. The molecule has 0 atom stereocenters. The second kappa shape index (κ2) is 7.49. The van der Waals surface area contributed by atoms with E-state index >= 15 is 0 Å². The van der Waals surface area contributed by atoms with E-state index in [2.05, 4.69) is 22.2 Å². The molecular formula is C18H22N2O4. The lowest BCUT2D eigenvalue weighted by Gasteiger charge is -2.31. The highest BCUT2D eigenvalue weighted by Crippen LogP contribution is 2.28. The Balaban J connectivity index is 1.52. The Morgan fingerprint density at radius 1 is 1.33 bits per heavy atom. The van der Waals surface area contributed by atoms with Gasteiger partial charge < -0.3 is 14.4 Å². The minimum absolute atomic E-state index is 0.0817. The molecule has 2 heterocycles. The fraction of sp³-hybridized carbons (Fsp3) is 0.444. The van der Waals surface area contributed by atoms with E-state index in [-0.39, 0.29) is 11.7 Å². The molecule has 0 unspecified atom stereocenters. The zero-order valence-corrected chi connectivity index (χ0v) is 13.8. The van der Waals surface area contributed by atoms with Gasteiger partial charge in [0.05, 0.1) is 12.3 Å². The van der Waals surface area contributed by atoms with E-state index in [4.69, 9.17) is 14.4 Å². The standard InChI is InChI=1S/C18H22N2O4/c1-2-23-15-5-3-13(4-6-15)12-20-9-7-14(8-10-20)16-11-17(18(21)22)24-19-16/h3-6,11,14H,2,7-10,12H2,1H3,(H,21,22). The Labute approximate surface area is 141 Å². The van der Waals surface area contributed by atoms with Gasteiger partial charge in [0.1, 0.15) is 5.75 Å². The summed E-state index contributed by atoms with van der Waals surface area (Å²) in [6, 6.07) is 9.78. The molecule has 1 N–H and O–H groups in total. The number of aromatic nitrogens is 1. The molecule has 0 aliphatic carbocycles. The second-order valence-electron chi connectivity index (χ2n) is 6.05. The van der Waals surface area contributed by atoms with Crippen LogP contribution in [-0.4, -0.2) is 40.8 Å². The molecule has 1 aliphatic rings. The number of hydrogen-bond acceptors (Lipinski definition) is 5. The summed E-state index contributed by atoms with van der Waals surface area (Å²) >= 11 is 0. The first-order valence-electron chi connectivity index (χ1n) is 8.29. The molecular weight excluding hydrogens is 308 g/mol. The summed E-state index contributed by atoms with van der Waals surface area (Å²) in [5.41, 5.74) is 2.03. The molecule has 1 aliphatic heterocycles. The van der Waals surface area contributed by atoms with Gasteiger partial charge in [0.2, 0.25) is 5.76 Å². The SMILES string of the molecule is CCOc1ccc(CN2CCC(c3cc(C(=O)O)on3)CC2)cc1. The van der Waals surface area contributed by atoms with Crippen LogP contribution in [0.25, 0.3) is 0 Å². The average molecular weight is 330 g/mol. The first-order valence-corrected chi connectivity index (χ1v) is 8.29. The Hall–Kier alpha value is -2.34. The van der Waals surface area contributed by atoms with Gasteiger partial charge in [-0.1, -0.05) is 17.3 Å². The maximum Gasteiger partial charge on any atom is 0.374 e. The zero-order chi connectivity index (χ0) is 16.9. The van der Waals surface area contributed by atoms with Crippen molar-refractivity contribution in [1.82, 2.24) is 10.1 Å². The third-order valence-corrected chi connectivity index (χ3v) is 4.39. The number of benzene rings is 1. The third-order valence-electron chi connectivity index (χ3n) is 4.39. The fourth-order valence-electron chi connectivity index (χ4n) is 3.08. The van der Waals surface area contributed by atoms with E-state index in [0.29, 0.717) is 6.61 Å². The normalized spacial score (nSPS) is 16.2. The van der Waals surface area contributed by atoms with Crippen molar-refractivity contribution in [2.45, 2.75) is 32.2 Å². The van der Waals surface area contributed by atoms with Gasteiger partial charge in [-0.3, -0.25) is 4.90 Å². The van der Waals surface area contributed by atoms with Crippen LogP contribution in [0.2, 0.25) is 0 Å². The number of nitrogens with zero attached hydrogens (tertiary/aromatic N) is 2. The molecule has 24 heavy (non-hydrogen) atoms. The highest BCUT2D eigenvalue weighted by Gasteiger charge is 2.24. The topological polar surface area (TPSA) is 75.8 Å². The highest BCUT2D eigenvalue weighted by molar-refractivity contribution is 5.84. The van der Waals surface area contributed by atoms with Gasteiger partial charge >= 0.3 is 5.97 Å². The van der Waals surface area contributed by atoms with Crippen molar-refractivity contribution >= 4 is 5.97 Å². The van der Waals surface area contributed by atoms with E-state index in [1.54, 1.807) is 6.07 Å². The van der Waals surface area contributed by atoms with Crippen LogP contribution in [0.1, 0.15) is 47.5 Å². The zero-order valence-electron chi connectivity index (χ0n) is 13.8. The molecule has 1 fully saturated rings. The van der Waals surface area contributed by atoms with E-state index in [1.807, 2.05) is 19.1 Å². The van der Waals surface area contributed by atoms with E-state index in [1.165, 1.54) is 5.56 Å². The van der Waals surface area contributed by atoms with Crippen molar-refractivity contribution in [2.75, 3.05) is 19.7 Å². The van der Waals surface area contributed by atoms with Gasteiger partial charge in [-0.05, 0) is 50.6 Å². The molecule has 0 bridgehead atoms. The van der Waals surface area contributed by atoms with Crippen molar-refractivity contribution in [1.29, 1.82) is 0 Å². The number of rotatable bonds is 6. The van der Waals surface area contributed by atoms with Gasteiger partial charge in [-0.25, -0.2) is 4.79 Å². The van der Waals surface area contributed by atoms with Crippen LogP contribution in [0.4, 0.5) is 0 Å². The van der Waals surface area contributed by atoms with Crippen LogP contribution in [-0.2, 0) is 6.54 Å². The summed E-state index contributed by atoms with van der Waals surface area (Å²) in [4.78, 5) is 13.3. The van der Waals surface area contributed by atoms with Gasteiger partial charge in [0.25, 0.3) is 0 Å². The third kappa shape index (κ3) is 3.94. The molecule has 6 heteroatoms. The summed E-state index contributed by atoms with van der Waals surface area (Å²) in [5, 5.41) is 12.8. The van der Waals surface area contributed by atoms with Crippen LogP contribution in [0.5, 0.6) is 5.75 Å². The first-order chi connectivity index (χ1) is 11.7. The Morgan fingerprint density at radius 3 is 2.62 bits per heavy atom. The number of carboxylic acid groups (broad SMARTS) is 1. The van der Waals surface area contributed by atoms with Crippen molar-refractivity contribution < 1.29 is 19.2 Å². The molecule has 0 radical (unpaired) electrons. The summed E-state index contributed by atoms with van der Waals surface area (Å²) in [5.74, 6) is 0.0298. The Bertz CT molecular complexity index is 673. The number of ether oxygens (including phenoxy) is 1. The molecule has 0 spiro atoms. The van der Waals surface area contributed by atoms with E-state index in [0.717, 1.165) is 43.9 Å². The van der Waals surface area contributed by atoms with Crippen molar-refractivity contribution in [3.63, 3.8) is 0 Å². The molecule has 0 saturated carbocycles. The summed E-state index contributed by atoms with van der Waals surface area (Å²) < 4.78 is 10.3. The summed E-state index contributed by atoms with van der Waals surface area (Å²) in [7, 11) is 0. The lowest BCUT2D eigenvalue weighted by Crippen LogP contribution is -2.32. The fourth-order valence-corrected chi connectivity index (χ4v) is 3.08. The molecule has 2 aromatic rings. The van der Waals surface area contributed by atoms with E-state index in [9.17, 15) is 4.79 Å². The van der Waals surface area contributed by atoms with Crippen LogP contribution >= 0.6 is 0 Å². The van der Waals surface area contributed by atoms with Crippen molar-refractivity contribution in [3.8, 4) is 5.75 Å². The molecule has 3 rings (SSSR count). The van der Waals surface area contributed by atoms with Gasteiger partial charge in [-0.15, -0.1) is 0 Å². The maximum atomic E-state index is 10.9. The first kappa shape index (κ1) is 16.5. The molecule has 128 valence electrons. The highest BCUT2D eigenvalue weighted by atomic mass is 16.5. The molecule has 6 nitrogen and oxygen atoms in total. The molecule has 1 saturated heterocycles. The van der Waals surface area contributed by atoms with Crippen LogP contribution in [0.15, 0.2) is 34.9 Å². The van der Waals surface area contributed by atoms with Crippen molar-refractivity contribution in [2.24, 2.45) is 0 Å². The predicted molar refractivity (Wildman–Crippen MR) is 88.3 cm³/mol. The Kier molecular flexibility index (Phi) is 5.15. The predicted octanol–water partition coefficient (Wildman–Crippen LogP) is 3.15. The van der Waals surface area contributed by atoms with Crippen LogP contribution < -0.4 is 4.74 Å². The minimum atomic E-state index is -1.07. The molecule has 1 aromatic heterocycles. The maximum absolute atomic E-state index is 10.9. The van der Waals surface area contributed by atoms with Crippen LogP contribution in [0.3, 0.4) is 0 Å². The summed E-state index contributed by atoms with van der Waals surface area (Å²) in [6.07, 6.45) is 1.92. The average Bonchev–Trinajstić information content (AvgIpc) is 3.08. The second-order valence-corrected chi connectivity index (χ2v) is 6.05. The quantitative estimate of drug-likeness (QED) is 0.877. The summed E-state index contributed by atoms with van der Waals surface area (Å²) in [6.45, 7) is 5.50. The molecule has 0 amide bonds. The van der Waals surface area contributed by atoms with Gasteiger partial charge in [0, 0.05) is 18.5 Å². The van der Waals surface area contributed by atoms with Gasteiger partial charge in [-0.2, -0.15) is 0 Å². The smallest absolute Gasteiger partial charge is 0.374 e. The van der Waals surface area contributed by atoms with Crippen molar-refractivity contribution in [3.05, 3.63) is 47.3 Å². The van der Waals surface area contributed by atoms with Crippen LogP contribution in [0, 0.1) is 0 Å². The monoisotopic (exact) mass is 330 g/mol. The number of hydrogen-bond donors (Lipinski definition) is 1. The Morgan fingerprint density at radius 2 is 2.04 bits per heavy atom. The lowest BCUT2D eigenvalue weighted by atomic mass is 9.93. The number of likely N-dealkylation sites (tertiary alicyclic amines) is 1. The van der Waals surface area contributed by atoms with E-state index < -0.39 is 5.97 Å².